The molecule has 0 aliphatic carbocycles. The summed E-state index contributed by atoms with van der Waals surface area (Å²) < 4.78 is 7.47. The molecule has 2 heterocycles. The summed E-state index contributed by atoms with van der Waals surface area (Å²) in [5, 5.41) is 0. The number of aromatic amines is 1. The summed E-state index contributed by atoms with van der Waals surface area (Å²) in [7, 11) is 0. The lowest BCUT2D eigenvalue weighted by atomic mass is 10.00. The second kappa shape index (κ2) is 7.56. The summed E-state index contributed by atoms with van der Waals surface area (Å²) in [4.78, 5) is 26.1. The van der Waals surface area contributed by atoms with Crippen molar-refractivity contribution in [1.82, 2.24) is 9.55 Å². The van der Waals surface area contributed by atoms with Gasteiger partial charge in [0.05, 0.1) is 11.7 Å². The fraction of sp³-hybridized carbons (Fsp3) is 0.625. The minimum Gasteiger partial charge on any atom is -0.355 e. The van der Waals surface area contributed by atoms with E-state index in [1.54, 1.807) is 18.3 Å². The smallest absolute Gasteiger partial charge is 0.330 e. The molecular formula is C16H25N3O3. The van der Waals surface area contributed by atoms with Crippen molar-refractivity contribution in [1.29, 1.82) is 0 Å². The van der Waals surface area contributed by atoms with Gasteiger partial charge in [0.2, 0.25) is 0 Å². The Hall–Kier alpha value is -1.66. The molecule has 0 amide bonds. The van der Waals surface area contributed by atoms with Gasteiger partial charge in [-0.3, -0.25) is 14.3 Å². The molecule has 0 bridgehead atoms. The minimum absolute atomic E-state index is 0.182. The molecule has 3 unspecified atom stereocenters. The van der Waals surface area contributed by atoms with Crippen LogP contribution in [-0.4, -0.2) is 22.2 Å². The minimum atomic E-state index is -0.427. The van der Waals surface area contributed by atoms with E-state index in [9.17, 15) is 9.59 Å². The lowest BCUT2D eigenvalue weighted by molar-refractivity contribution is -0.0102. The number of ether oxygens (including phenoxy) is 1. The zero-order chi connectivity index (χ0) is 16.1. The van der Waals surface area contributed by atoms with E-state index in [4.69, 9.17) is 10.5 Å². The lowest BCUT2D eigenvalue weighted by Gasteiger charge is -2.18. The molecule has 0 aromatic carbocycles. The van der Waals surface area contributed by atoms with Crippen molar-refractivity contribution in [3.63, 3.8) is 0 Å². The lowest BCUT2D eigenvalue weighted by Crippen LogP contribution is -2.33. The van der Waals surface area contributed by atoms with E-state index < -0.39 is 11.2 Å². The molecular weight excluding hydrogens is 282 g/mol. The van der Waals surface area contributed by atoms with Gasteiger partial charge >= 0.3 is 5.69 Å². The van der Waals surface area contributed by atoms with Crippen LogP contribution >= 0.6 is 0 Å². The van der Waals surface area contributed by atoms with Gasteiger partial charge in [-0.15, -0.1) is 0 Å². The van der Waals surface area contributed by atoms with E-state index >= 15 is 0 Å². The number of hydrogen-bond donors (Lipinski definition) is 2. The highest BCUT2D eigenvalue weighted by atomic mass is 16.5. The zero-order valence-corrected chi connectivity index (χ0v) is 13.2. The molecule has 3 atom stereocenters. The largest absolute Gasteiger partial charge is 0.355 e. The number of H-pyrrole nitrogens is 1. The maximum absolute atomic E-state index is 12.0. The van der Waals surface area contributed by atoms with Crippen LogP contribution in [0.4, 0.5) is 0 Å². The molecule has 6 heteroatoms. The first-order valence-corrected chi connectivity index (χ1v) is 7.92. The number of nitrogens with zero attached hydrogens (tertiary/aromatic N) is 1. The molecule has 1 aromatic heterocycles. The molecule has 1 saturated heterocycles. The second-order valence-corrected chi connectivity index (χ2v) is 5.93. The molecule has 2 rings (SSSR count). The van der Waals surface area contributed by atoms with Crippen molar-refractivity contribution in [3.8, 4) is 0 Å². The van der Waals surface area contributed by atoms with Gasteiger partial charge in [0.1, 0.15) is 6.23 Å². The van der Waals surface area contributed by atoms with Crippen LogP contribution in [-0.2, 0) is 4.74 Å². The van der Waals surface area contributed by atoms with E-state index in [0.717, 1.165) is 25.7 Å². The Morgan fingerprint density at radius 2 is 2.27 bits per heavy atom. The molecule has 122 valence electrons. The Morgan fingerprint density at radius 1 is 1.50 bits per heavy atom. The van der Waals surface area contributed by atoms with Crippen LogP contribution in [0.25, 0.3) is 6.08 Å². The summed E-state index contributed by atoms with van der Waals surface area (Å²) in [6.07, 6.45) is 8.60. The molecule has 1 aromatic rings. The maximum atomic E-state index is 12.0. The number of rotatable bonds is 6. The number of nitrogens with one attached hydrogen (secondary N) is 1. The molecule has 3 N–H and O–H groups in total. The average Bonchev–Trinajstić information content (AvgIpc) is 2.94. The fourth-order valence-electron chi connectivity index (χ4n) is 2.71. The first-order chi connectivity index (χ1) is 10.5. The molecule has 22 heavy (non-hydrogen) atoms. The summed E-state index contributed by atoms with van der Waals surface area (Å²) >= 11 is 0. The van der Waals surface area contributed by atoms with E-state index in [1.807, 2.05) is 0 Å². The molecule has 0 saturated carbocycles. The van der Waals surface area contributed by atoms with Crippen LogP contribution < -0.4 is 17.0 Å². The van der Waals surface area contributed by atoms with Crippen molar-refractivity contribution < 1.29 is 4.74 Å². The molecule has 1 aliphatic heterocycles. The third kappa shape index (κ3) is 3.96. The highest BCUT2D eigenvalue weighted by Crippen LogP contribution is 2.31. The third-order valence-corrected chi connectivity index (χ3v) is 4.19. The first kappa shape index (κ1) is 16.7. The number of hydrogen-bond acceptors (Lipinski definition) is 4. The Labute approximate surface area is 130 Å². The van der Waals surface area contributed by atoms with E-state index in [1.165, 1.54) is 4.57 Å². The summed E-state index contributed by atoms with van der Waals surface area (Å²) in [6.45, 7) is 4.72. The monoisotopic (exact) mass is 307 g/mol. The molecule has 0 radical (unpaired) electrons. The Bertz CT molecular complexity index is 632. The third-order valence-electron chi connectivity index (χ3n) is 4.19. The van der Waals surface area contributed by atoms with Crippen LogP contribution in [0.1, 0.15) is 51.3 Å². The van der Waals surface area contributed by atoms with Crippen molar-refractivity contribution in [2.75, 3.05) is 6.54 Å². The standard InChI is InChI=1S/C16H25N3O3/c1-3-11(2)9-13-6-7-14(22-13)19-10-12(5-4-8-17)15(20)18-16(19)21/h4-5,10-11,13-14H,3,6-9,17H2,1-2H3,(H,18,20,21)/b5-4+. The van der Waals surface area contributed by atoms with Gasteiger partial charge < -0.3 is 10.5 Å². The molecule has 0 spiro atoms. The fourth-order valence-corrected chi connectivity index (χ4v) is 2.71. The highest BCUT2D eigenvalue weighted by molar-refractivity contribution is 5.46. The van der Waals surface area contributed by atoms with E-state index in [-0.39, 0.29) is 12.3 Å². The van der Waals surface area contributed by atoms with Crippen LogP contribution in [0.3, 0.4) is 0 Å². The average molecular weight is 307 g/mol. The Kier molecular flexibility index (Phi) is 5.74. The maximum Gasteiger partial charge on any atom is 0.330 e. The van der Waals surface area contributed by atoms with Crippen LogP contribution in [0.15, 0.2) is 21.9 Å². The zero-order valence-electron chi connectivity index (χ0n) is 13.2. The van der Waals surface area contributed by atoms with Crippen LogP contribution in [0.2, 0.25) is 0 Å². The van der Waals surface area contributed by atoms with Gasteiger partial charge in [0.25, 0.3) is 5.56 Å². The van der Waals surface area contributed by atoms with Crippen molar-refractivity contribution in [2.24, 2.45) is 11.7 Å². The first-order valence-electron chi connectivity index (χ1n) is 7.92. The molecule has 6 nitrogen and oxygen atoms in total. The van der Waals surface area contributed by atoms with Gasteiger partial charge in [0.15, 0.2) is 0 Å². The topological polar surface area (TPSA) is 90.1 Å². The van der Waals surface area contributed by atoms with Gasteiger partial charge in [-0.25, -0.2) is 4.79 Å². The SMILES string of the molecule is CCC(C)CC1CCC(n2cc(/C=C/CN)c(=O)[nH]c2=O)O1. The predicted octanol–water partition coefficient (Wildman–Crippen LogP) is 1.62. The van der Waals surface area contributed by atoms with Gasteiger partial charge in [0, 0.05) is 12.7 Å². The van der Waals surface area contributed by atoms with Crippen molar-refractivity contribution in [3.05, 3.63) is 38.7 Å². The van der Waals surface area contributed by atoms with Crippen LogP contribution in [0.5, 0.6) is 0 Å². The van der Waals surface area contributed by atoms with Gasteiger partial charge in [-0.05, 0) is 25.2 Å². The second-order valence-electron chi connectivity index (χ2n) is 5.93. The Morgan fingerprint density at radius 3 is 2.95 bits per heavy atom. The summed E-state index contributed by atoms with van der Waals surface area (Å²) in [6, 6.07) is 0. The van der Waals surface area contributed by atoms with Gasteiger partial charge in [-0.1, -0.05) is 32.4 Å². The van der Waals surface area contributed by atoms with Crippen molar-refractivity contribution >= 4 is 6.08 Å². The molecule has 1 fully saturated rings. The highest BCUT2D eigenvalue weighted by Gasteiger charge is 2.28. The summed E-state index contributed by atoms with van der Waals surface area (Å²) in [5.74, 6) is 0.610. The Balaban J connectivity index is 2.17. The predicted molar refractivity (Wildman–Crippen MR) is 86.6 cm³/mol. The number of aromatic nitrogens is 2. The van der Waals surface area contributed by atoms with Crippen molar-refractivity contribution in [2.45, 2.75) is 51.9 Å². The van der Waals surface area contributed by atoms with E-state index in [2.05, 4.69) is 18.8 Å². The van der Waals surface area contributed by atoms with E-state index in [0.29, 0.717) is 18.0 Å². The molecule has 1 aliphatic rings. The quantitative estimate of drug-likeness (QED) is 0.835. The van der Waals surface area contributed by atoms with Gasteiger partial charge in [-0.2, -0.15) is 0 Å². The normalized spacial score (nSPS) is 23.2. The summed E-state index contributed by atoms with van der Waals surface area (Å²) in [5.41, 5.74) is 4.99. The number of nitrogens with two attached hydrogens (primary N) is 1. The van der Waals surface area contributed by atoms with Crippen LogP contribution in [0, 0.1) is 5.92 Å².